The van der Waals surface area contributed by atoms with Gasteiger partial charge in [0, 0.05) is 19.1 Å². The molecule has 2 aliphatic carbocycles. The molecule has 3 nitrogen and oxygen atoms in total. The third-order valence-electron chi connectivity index (χ3n) is 5.69. The average molecular weight is 289 g/mol. The second-order valence-corrected chi connectivity index (χ2v) is 7.74. The summed E-state index contributed by atoms with van der Waals surface area (Å²) in [6.07, 6.45) is 12.8. The van der Waals surface area contributed by atoms with Gasteiger partial charge in [0.25, 0.3) is 0 Å². The Bertz CT molecular complexity index is 352. The van der Waals surface area contributed by atoms with Crippen molar-refractivity contribution >= 4 is 0 Å². The van der Waals surface area contributed by atoms with Crippen LogP contribution in [0.15, 0.2) is 0 Å². The third-order valence-corrected chi connectivity index (χ3v) is 5.69. The Morgan fingerprint density at radius 2 is 1.76 bits per heavy atom. The molecule has 3 aliphatic rings. The molecule has 3 heteroatoms. The third kappa shape index (κ3) is 4.97. The van der Waals surface area contributed by atoms with Gasteiger partial charge in [-0.25, -0.2) is 0 Å². The molecule has 3 fully saturated rings. The van der Waals surface area contributed by atoms with Gasteiger partial charge in [0.15, 0.2) is 0 Å². The van der Waals surface area contributed by atoms with Crippen LogP contribution in [0.4, 0.5) is 0 Å². The Kier molecular flexibility index (Phi) is 5.55. The lowest BCUT2D eigenvalue weighted by molar-refractivity contribution is 0.141. The van der Waals surface area contributed by atoms with Gasteiger partial charge in [-0.15, -0.1) is 0 Å². The average Bonchev–Trinajstić information content (AvgIpc) is 3.30. The fourth-order valence-corrected chi connectivity index (χ4v) is 4.40. The van der Waals surface area contributed by atoms with E-state index >= 15 is 0 Å². The van der Waals surface area contributed by atoms with Crippen molar-refractivity contribution in [2.45, 2.75) is 63.8 Å². The van der Waals surface area contributed by atoms with Crippen molar-refractivity contribution < 1.29 is 0 Å². The van der Waals surface area contributed by atoms with Crippen molar-refractivity contribution in [3.8, 4) is 6.07 Å². The summed E-state index contributed by atoms with van der Waals surface area (Å²) in [5.74, 6) is 2.74. The number of hydrogen-bond donors (Lipinski definition) is 1. The predicted octanol–water partition coefficient (Wildman–Crippen LogP) is 3.17. The number of nitriles is 1. The van der Waals surface area contributed by atoms with Gasteiger partial charge >= 0.3 is 0 Å². The van der Waals surface area contributed by atoms with Gasteiger partial charge in [-0.1, -0.05) is 32.1 Å². The summed E-state index contributed by atoms with van der Waals surface area (Å²) in [4.78, 5) is 2.38. The molecule has 118 valence electrons. The normalized spacial score (nSPS) is 32.0. The lowest BCUT2D eigenvalue weighted by Gasteiger charge is -2.38. The first-order valence-corrected chi connectivity index (χ1v) is 9.16. The molecule has 0 amide bonds. The van der Waals surface area contributed by atoms with Gasteiger partial charge in [-0.05, 0) is 50.0 Å². The summed E-state index contributed by atoms with van der Waals surface area (Å²) in [5, 5.41) is 12.9. The predicted molar refractivity (Wildman–Crippen MR) is 85.9 cm³/mol. The van der Waals surface area contributed by atoms with E-state index in [0.29, 0.717) is 12.6 Å². The molecule has 3 rings (SSSR count). The molecule has 1 heterocycles. The Labute approximate surface area is 130 Å². The Balaban J connectivity index is 1.46. The summed E-state index contributed by atoms with van der Waals surface area (Å²) < 4.78 is 0. The molecule has 0 aromatic carbocycles. The highest BCUT2D eigenvalue weighted by atomic mass is 15.2. The summed E-state index contributed by atoms with van der Waals surface area (Å²) in [7, 11) is 0. The largest absolute Gasteiger partial charge is 0.312 e. The zero-order valence-corrected chi connectivity index (χ0v) is 13.4. The van der Waals surface area contributed by atoms with Crippen molar-refractivity contribution in [1.82, 2.24) is 10.2 Å². The monoisotopic (exact) mass is 289 g/mol. The topological polar surface area (TPSA) is 39.1 Å². The van der Waals surface area contributed by atoms with Crippen LogP contribution in [0.2, 0.25) is 0 Å². The van der Waals surface area contributed by atoms with Gasteiger partial charge in [-0.3, -0.25) is 4.90 Å². The molecule has 0 bridgehead atoms. The number of nitrogens with one attached hydrogen (secondary N) is 1. The van der Waals surface area contributed by atoms with Gasteiger partial charge in [0.05, 0.1) is 12.6 Å². The molecule has 0 spiro atoms. The van der Waals surface area contributed by atoms with Crippen LogP contribution in [-0.4, -0.2) is 37.1 Å². The molecule has 1 N–H and O–H groups in total. The van der Waals surface area contributed by atoms with Gasteiger partial charge < -0.3 is 5.32 Å². The number of likely N-dealkylation sites (tertiary alicyclic amines) is 1. The Morgan fingerprint density at radius 3 is 2.48 bits per heavy atom. The minimum absolute atomic E-state index is 0.614. The van der Waals surface area contributed by atoms with Gasteiger partial charge in [0.1, 0.15) is 0 Å². The van der Waals surface area contributed by atoms with Gasteiger partial charge in [0.2, 0.25) is 0 Å². The van der Waals surface area contributed by atoms with Crippen molar-refractivity contribution in [2.75, 3.05) is 26.2 Å². The SMILES string of the molecule is N#CCN1CC(CC2CC2)CC(NCC2CCCCC2)C1. The van der Waals surface area contributed by atoms with E-state index < -0.39 is 0 Å². The molecular weight excluding hydrogens is 258 g/mol. The van der Waals surface area contributed by atoms with E-state index in [1.165, 1.54) is 64.3 Å². The van der Waals surface area contributed by atoms with Crippen LogP contribution in [0.5, 0.6) is 0 Å². The standard InChI is InChI=1S/C18H31N3/c19-8-9-21-13-17(10-15-6-7-15)11-18(14-21)20-12-16-4-2-1-3-5-16/h15-18,20H,1-7,9-14H2. The first-order chi connectivity index (χ1) is 10.3. The molecule has 0 radical (unpaired) electrons. The van der Waals surface area contributed by atoms with Crippen LogP contribution < -0.4 is 5.32 Å². The van der Waals surface area contributed by atoms with Crippen LogP contribution in [0.25, 0.3) is 0 Å². The van der Waals surface area contributed by atoms with Crippen LogP contribution in [0, 0.1) is 29.1 Å². The summed E-state index contributed by atoms with van der Waals surface area (Å²) >= 11 is 0. The summed E-state index contributed by atoms with van der Waals surface area (Å²) in [6, 6.07) is 2.97. The number of nitrogens with zero attached hydrogens (tertiary/aromatic N) is 2. The van der Waals surface area contributed by atoms with Crippen LogP contribution >= 0.6 is 0 Å². The Morgan fingerprint density at radius 1 is 0.952 bits per heavy atom. The van der Waals surface area contributed by atoms with E-state index in [1.807, 2.05) is 0 Å². The first kappa shape index (κ1) is 15.3. The number of rotatable bonds is 6. The van der Waals surface area contributed by atoms with E-state index in [0.717, 1.165) is 30.8 Å². The zero-order valence-electron chi connectivity index (χ0n) is 13.4. The molecule has 2 saturated carbocycles. The van der Waals surface area contributed by atoms with E-state index in [2.05, 4.69) is 16.3 Å². The molecule has 0 aromatic heterocycles. The van der Waals surface area contributed by atoms with Crippen LogP contribution in [0.3, 0.4) is 0 Å². The highest BCUT2D eigenvalue weighted by molar-refractivity contribution is 4.90. The minimum Gasteiger partial charge on any atom is -0.312 e. The van der Waals surface area contributed by atoms with Crippen molar-refractivity contribution in [3.05, 3.63) is 0 Å². The maximum atomic E-state index is 9.01. The first-order valence-electron chi connectivity index (χ1n) is 9.16. The maximum absolute atomic E-state index is 9.01. The molecule has 2 unspecified atom stereocenters. The van der Waals surface area contributed by atoms with Crippen molar-refractivity contribution in [2.24, 2.45) is 17.8 Å². The maximum Gasteiger partial charge on any atom is 0.0866 e. The zero-order chi connectivity index (χ0) is 14.5. The summed E-state index contributed by atoms with van der Waals surface area (Å²) in [6.45, 7) is 4.07. The van der Waals surface area contributed by atoms with Gasteiger partial charge in [-0.2, -0.15) is 5.26 Å². The second kappa shape index (κ2) is 7.61. The lowest BCUT2D eigenvalue weighted by Crippen LogP contribution is -2.50. The molecule has 1 aliphatic heterocycles. The molecule has 21 heavy (non-hydrogen) atoms. The highest BCUT2D eigenvalue weighted by Gasteiger charge is 2.32. The minimum atomic E-state index is 0.614. The quantitative estimate of drug-likeness (QED) is 0.763. The van der Waals surface area contributed by atoms with Crippen LogP contribution in [0.1, 0.15) is 57.8 Å². The molecule has 1 saturated heterocycles. The van der Waals surface area contributed by atoms with Crippen LogP contribution in [-0.2, 0) is 0 Å². The fraction of sp³-hybridized carbons (Fsp3) is 0.944. The van der Waals surface area contributed by atoms with E-state index in [1.54, 1.807) is 0 Å². The van der Waals surface area contributed by atoms with Crippen molar-refractivity contribution in [1.29, 1.82) is 5.26 Å². The number of piperidine rings is 1. The highest BCUT2D eigenvalue weighted by Crippen LogP contribution is 2.37. The van der Waals surface area contributed by atoms with E-state index in [9.17, 15) is 0 Å². The molecule has 0 aromatic rings. The van der Waals surface area contributed by atoms with E-state index in [4.69, 9.17) is 5.26 Å². The number of hydrogen-bond acceptors (Lipinski definition) is 3. The molecular formula is C18H31N3. The second-order valence-electron chi connectivity index (χ2n) is 7.74. The fourth-order valence-electron chi connectivity index (χ4n) is 4.40. The summed E-state index contributed by atoms with van der Waals surface area (Å²) in [5.41, 5.74) is 0. The Hall–Kier alpha value is -0.590. The molecule has 2 atom stereocenters. The van der Waals surface area contributed by atoms with E-state index in [-0.39, 0.29) is 0 Å². The smallest absolute Gasteiger partial charge is 0.0866 e. The van der Waals surface area contributed by atoms with Crippen molar-refractivity contribution in [3.63, 3.8) is 0 Å². The lowest BCUT2D eigenvalue weighted by atomic mass is 9.87.